The summed E-state index contributed by atoms with van der Waals surface area (Å²) >= 11 is 12.7. The molecule has 0 bridgehead atoms. The zero-order valence-electron chi connectivity index (χ0n) is 21.2. The van der Waals surface area contributed by atoms with Gasteiger partial charge in [0.1, 0.15) is 0 Å². The minimum atomic E-state index is -3.91. The average molecular weight is 578 g/mol. The number of halogens is 2. The van der Waals surface area contributed by atoms with Crippen LogP contribution in [0.4, 0.5) is 11.4 Å². The Kier molecular flexibility index (Phi) is 7.91. The van der Waals surface area contributed by atoms with Gasteiger partial charge < -0.3 is 0 Å². The third-order valence-corrected chi connectivity index (χ3v) is 9.03. The summed E-state index contributed by atoms with van der Waals surface area (Å²) in [7, 11) is -3.91. The fourth-order valence-corrected chi connectivity index (χ4v) is 6.78. The average Bonchev–Trinajstić information content (AvgIpc) is 3.34. The van der Waals surface area contributed by atoms with Crippen molar-refractivity contribution in [2.75, 3.05) is 11.4 Å². The Morgan fingerprint density at radius 1 is 0.872 bits per heavy atom. The van der Waals surface area contributed by atoms with E-state index in [-0.39, 0.29) is 23.8 Å². The summed E-state index contributed by atoms with van der Waals surface area (Å²) in [5, 5.41) is 0.811. The largest absolute Gasteiger partial charge is 0.281 e. The number of benzene rings is 4. The zero-order valence-corrected chi connectivity index (χ0v) is 23.5. The van der Waals surface area contributed by atoms with Gasteiger partial charge in [-0.05, 0) is 66.6 Å². The van der Waals surface area contributed by atoms with E-state index >= 15 is 0 Å². The third kappa shape index (κ3) is 5.80. The van der Waals surface area contributed by atoms with Gasteiger partial charge in [0.2, 0.25) is 15.9 Å². The maximum absolute atomic E-state index is 13.8. The van der Waals surface area contributed by atoms with Crippen LogP contribution in [0.2, 0.25) is 10.0 Å². The summed E-state index contributed by atoms with van der Waals surface area (Å²) in [4.78, 5) is 15.6. The van der Waals surface area contributed by atoms with Gasteiger partial charge in [-0.1, -0.05) is 89.4 Å². The molecule has 198 valence electrons. The molecule has 0 saturated heterocycles. The third-order valence-electron chi connectivity index (χ3n) is 6.63. The van der Waals surface area contributed by atoms with Crippen molar-refractivity contribution in [1.29, 1.82) is 0 Å². The molecular formula is C31H26Cl2N2O3S. The molecule has 1 aliphatic rings. The molecule has 4 aromatic rings. The van der Waals surface area contributed by atoms with Crippen molar-refractivity contribution in [1.82, 2.24) is 4.31 Å². The minimum Gasteiger partial charge on any atom is -0.281 e. The molecule has 1 heterocycles. The van der Waals surface area contributed by atoms with Crippen molar-refractivity contribution >= 4 is 50.5 Å². The first-order valence-electron chi connectivity index (χ1n) is 12.4. The number of anilines is 2. The molecule has 1 unspecified atom stereocenters. The Labute approximate surface area is 239 Å². The Morgan fingerprint density at radius 3 is 2.03 bits per heavy atom. The van der Waals surface area contributed by atoms with Crippen molar-refractivity contribution in [3.8, 4) is 0 Å². The van der Waals surface area contributed by atoms with Crippen molar-refractivity contribution in [3.05, 3.63) is 136 Å². The second-order valence-electron chi connectivity index (χ2n) is 9.38. The molecule has 5 rings (SSSR count). The lowest BCUT2D eigenvalue weighted by atomic mass is 10.1. The molecule has 0 spiro atoms. The number of carbonyl (C=O) groups excluding carboxylic acids is 1. The van der Waals surface area contributed by atoms with Gasteiger partial charge in [-0.25, -0.2) is 8.42 Å². The summed E-state index contributed by atoms with van der Waals surface area (Å²) in [5.74, 6) is -0.172. The smallest absolute Gasteiger partial charge is 0.244 e. The molecule has 1 aliphatic heterocycles. The van der Waals surface area contributed by atoms with Gasteiger partial charge in [-0.2, -0.15) is 4.31 Å². The minimum absolute atomic E-state index is 0.0331. The molecule has 39 heavy (non-hydrogen) atoms. The molecule has 0 saturated carbocycles. The van der Waals surface area contributed by atoms with Gasteiger partial charge in [-0.3, -0.25) is 9.69 Å². The quantitative estimate of drug-likeness (QED) is 0.211. The number of hydrogen-bond acceptors (Lipinski definition) is 3. The number of carbonyl (C=O) groups is 1. The highest BCUT2D eigenvalue weighted by Gasteiger charge is 2.38. The molecule has 0 N–H and O–H groups in total. The molecule has 4 aromatic carbocycles. The van der Waals surface area contributed by atoms with Crippen LogP contribution < -0.4 is 4.90 Å². The Hall–Kier alpha value is -3.42. The normalized spacial score (nSPS) is 15.7. The van der Waals surface area contributed by atoms with Gasteiger partial charge >= 0.3 is 0 Å². The summed E-state index contributed by atoms with van der Waals surface area (Å²) < 4.78 is 29.1. The predicted molar refractivity (Wildman–Crippen MR) is 157 cm³/mol. The van der Waals surface area contributed by atoms with E-state index in [1.54, 1.807) is 47.4 Å². The second kappa shape index (κ2) is 11.4. The number of rotatable bonds is 7. The Bertz CT molecular complexity index is 1580. The number of amides is 1. The van der Waals surface area contributed by atoms with Crippen LogP contribution in [-0.4, -0.2) is 25.2 Å². The first-order valence-corrected chi connectivity index (χ1v) is 14.6. The lowest BCUT2D eigenvalue weighted by molar-refractivity contribution is -0.117. The molecule has 1 atom stereocenters. The van der Waals surface area contributed by atoms with Crippen LogP contribution in [0.1, 0.15) is 23.6 Å². The van der Waals surface area contributed by atoms with Crippen LogP contribution in [0.3, 0.4) is 0 Å². The van der Waals surface area contributed by atoms with E-state index in [1.165, 1.54) is 4.31 Å². The number of aryl methyl sites for hydroxylation is 1. The van der Waals surface area contributed by atoms with Crippen molar-refractivity contribution < 1.29 is 13.2 Å². The molecule has 1 amide bonds. The SMILES string of the molecule is Cc1ccc(S(=O)(=O)N2CC(CC(=O)N(c3ccccc3)c3ccccc3)=CC2c2ccc(Cl)cc2Cl)cc1. The van der Waals surface area contributed by atoms with E-state index in [0.29, 0.717) is 21.2 Å². The highest BCUT2D eigenvalue weighted by molar-refractivity contribution is 7.89. The van der Waals surface area contributed by atoms with E-state index in [9.17, 15) is 13.2 Å². The fourth-order valence-electron chi connectivity index (χ4n) is 4.70. The first-order chi connectivity index (χ1) is 18.7. The van der Waals surface area contributed by atoms with Crippen molar-refractivity contribution in [3.63, 3.8) is 0 Å². The fraction of sp³-hybridized carbons (Fsp3) is 0.129. The number of sulfonamides is 1. The maximum atomic E-state index is 13.8. The topological polar surface area (TPSA) is 57.7 Å². The highest BCUT2D eigenvalue weighted by atomic mass is 35.5. The summed E-state index contributed by atoms with van der Waals surface area (Å²) in [5.41, 5.74) is 3.70. The van der Waals surface area contributed by atoms with Gasteiger partial charge in [0.15, 0.2) is 0 Å². The summed E-state index contributed by atoms with van der Waals surface area (Å²) in [6, 6.07) is 29.8. The highest BCUT2D eigenvalue weighted by Crippen LogP contribution is 2.40. The van der Waals surface area contributed by atoms with Crippen LogP contribution in [0.25, 0.3) is 0 Å². The number of para-hydroxylation sites is 2. The van der Waals surface area contributed by atoms with Crippen LogP contribution in [-0.2, 0) is 14.8 Å². The van der Waals surface area contributed by atoms with Gasteiger partial charge in [0.25, 0.3) is 0 Å². The molecule has 0 fully saturated rings. The molecule has 0 aromatic heterocycles. The molecular weight excluding hydrogens is 551 g/mol. The molecule has 0 radical (unpaired) electrons. The van der Waals surface area contributed by atoms with Crippen LogP contribution in [0.15, 0.2) is 120 Å². The van der Waals surface area contributed by atoms with Gasteiger partial charge in [-0.15, -0.1) is 0 Å². The monoisotopic (exact) mass is 576 g/mol. The van der Waals surface area contributed by atoms with Crippen LogP contribution in [0, 0.1) is 6.92 Å². The summed E-state index contributed by atoms with van der Waals surface area (Å²) in [6.45, 7) is 1.96. The lowest BCUT2D eigenvalue weighted by Gasteiger charge is -2.26. The molecule has 5 nitrogen and oxygen atoms in total. The predicted octanol–water partition coefficient (Wildman–Crippen LogP) is 7.73. The Morgan fingerprint density at radius 2 is 1.46 bits per heavy atom. The van der Waals surface area contributed by atoms with E-state index in [0.717, 1.165) is 16.9 Å². The maximum Gasteiger partial charge on any atom is 0.244 e. The van der Waals surface area contributed by atoms with Crippen molar-refractivity contribution in [2.45, 2.75) is 24.3 Å². The first kappa shape index (κ1) is 27.2. The van der Waals surface area contributed by atoms with E-state index in [4.69, 9.17) is 23.2 Å². The lowest BCUT2D eigenvalue weighted by Crippen LogP contribution is -2.32. The van der Waals surface area contributed by atoms with E-state index < -0.39 is 16.1 Å². The second-order valence-corrected chi connectivity index (χ2v) is 12.1. The number of hydrogen-bond donors (Lipinski definition) is 0. The van der Waals surface area contributed by atoms with Crippen LogP contribution >= 0.6 is 23.2 Å². The van der Waals surface area contributed by atoms with E-state index in [1.807, 2.05) is 73.7 Å². The van der Waals surface area contributed by atoms with Gasteiger partial charge in [0, 0.05) is 34.4 Å². The standard InChI is InChI=1S/C31H26Cl2N2O3S/c1-22-12-15-27(16-13-22)39(37,38)34-21-23(18-30(34)28-17-14-24(32)20-29(28)33)19-31(36)35(25-8-4-2-5-9-25)26-10-6-3-7-11-26/h2-18,20,30H,19,21H2,1H3. The summed E-state index contributed by atoms with van der Waals surface area (Å²) in [6.07, 6.45) is 1.86. The number of nitrogens with zero attached hydrogens (tertiary/aromatic N) is 2. The van der Waals surface area contributed by atoms with Crippen LogP contribution in [0.5, 0.6) is 0 Å². The zero-order chi connectivity index (χ0) is 27.6. The van der Waals surface area contributed by atoms with E-state index in [2.05, 4.69) is 0 Å². The molecule has 8 heteroatoms. The van der Waals surface area contributed by atoms with Gasteiger partial charge in [0.05, 0.1) is 10.9 Å². The van der Waals surface area contributed by atoms with Crippen molar-refractivity contribution in [2.24, 2.45) is 0 Å². The Balaban J connectivity index is 1.52. The molecule has 0 aliphatic carbocycles.